The number of aryl methyl sites for hydroxylation is 1. The lowest BCUT2D eigenvalue weighted by Crippen LogP contribution is -2.46. The molecule has 1 atom stereocenters. The fourth-order valence-electron chi connectivity index (χ4n) is 3.83. The first-order valence-electron chi connectivity index (χ1n) is 10.6. The quantitative estimate of drug-likeness (QED) is 0.637. The minimum atomic E-state index is -4.45. The van der Waals surface area contributed by atoms with Crippen LogP contribution in [0.4, 0.5) is 13.2 Å². The highest BCUT2D eigenvalue weighted by Gasteiger charge is 2.32. The maximum atomic E-state index is 12.8. The van der Waals surface area contributed by atoms with Crippen molar-refractivity contribution in [1.29, 1.82) is 0 Å². The molecule has 3 rings (SSSR count). The Hall–Kier alpha value is -2.39. The highest BCUT2D eigenvalue weighted by Crippen LogP contribution is 2.29. The van der Waals surface area contributed by atoms with E-state index < -0.39 is 27.7 Å². The fraction of sp³-hybridized carbons (Fsp3) is 0.435. The van der Waals surface area contributed by atoms with Crippen LogP contribution in [0.2, 0.25) is 0 Å². The largest absolute Gasteiger partial charge is 0.416 e. The monoisotopic (exact) mass is 468 g/mol. The number of rotatable bonds is 8. The SMILES string of the molecule is O=C(NCc1cccc(C(F)(F)F)c1)C1CCCN(S(=O)(=O)CCCc2ccccc2)C1. The fourth-order valence-corrected chi connectivity index (χ4v) is 5.41. The Morgan fingerprint density at radius 2 is 1.78 bits per heavy atom. The van der Waals surface area contributed by atoms with E-state index in [1.54, 1.807) is 0 Å². The highest BCUT2D eigenvalue weighted by atomic mass is 32.2. The van der Waals surface area contributed by atoms with Crippen LogP contribution >= 0.6 is 0 Å². The molecule has 1 unspecified atom stereocenters. The van der Waals surface area contributed by atoms with Crippen molar-refractivity contribution in [2.45, 2.75) is 38.4 Å². The number of amides is 1. The Morgan fingerprint density at radius 3 is 2.50 bits per heavy atom. The van der Waals surface area contributed by atoms with Gasteiger partial charge in [-0.2, -0.15) is 13.2 Å². The number of carbonyl (C=O) groups excluding carboxylic acids is 1. The summed E-state index contributed by atoms with van der Waals surface area (Å²) in [5.74, 6) is -0.842. The zero-order valence-electron chi connectivity index (χ0n) is 17.6. The van der Waals surface area contributed by atoms with Crippen LogP contribution in [0.5, 0.6) is 0 Å². The average molecular weight is 469 g/mol. The van der Waals surface area contributed by atoms with Gasteiger partial charge in [0.15, 0.2) is 0 Å². The van der Waals surface area contributed by atoms with Gasteiger partial charge in [0.25, 0.3) is 0 Å². The Bertz CT molecular complexity index is 1010. The maximum absolute atomic E-state index is 12.8. The van der Waals surface area contributed by atoms with Crippen molar-refractivity contribution in [3.8, 4) is 0 Å². The van der Waals surface area contributed by atoms with E-state index in [1.165, 1.54) is 16.4 Å². The van der Waals surface area contributed by atoms with Crippen LogP contribution in [-0.4, -0.2) is 37.5 Å². The summed E-state index contributed by atoms with van der Waals surface area (Å²) < 4.78 is 65.4. The van der Waals surface area contributed by atoms with E-state index in [1.807, 2.05) is 30.3 Å². The van der Waals surface area contributed by atoms with Crippen molar-refractivity contribution in [2.75, 3.05) is 18.8 Å². The lowest BCUT2D eigenvalue weighted by atomic mass is 9.98. The summed E-state index contributed by atoms with van der Waals surface area (Å²) in [6, 6.07) is 14.4. The van der Waals surface area contributed by atoms with E-state index >= 15 is 0 Å². The Kier molecular flexibility index (Phi) is 7.95. The van der Waals surface area contributed by atoms with Gasteiger partial charge in [-0.1, -0.05) is 42.5 Å². The molecule has 174 valence electrons. The molecule has 1 N–H and O–H groups in total. The number of piperidine rings is 1. The zero-order valence-corrected chi connectivity index (χ0v) is 18.5. The van der Waals surface area contributed by atoms with Crippen LogP contribution in [0.3, 0.4) is 0 Å². The second-order valence-corrected chi connectivity index (χ2v) is 10.1. The topological polar surface area (TPSA) is 66.5 Å². The second kappa shape index (κ2) is 10.5. The smallest absolute Gasteiger partial charge is 0.352 e. The number of carbonyl (C=O) groups is 1. The van der Waals surface area contributed by atoms with Gasteiger partial charge in [-0.05, 0) is 48.9 Å². The van der Waals surface area contributed by atoms with Crippen LogP contribution < -0.4 is 5.32 Å². The number of nitrogens with one attached hydrogen (secondary N) is 1. The number of hydrogen-bond acceptors (Lipinski definition) is 3. The molecule has 1 heterocycles. The first-order chi connectivity index (χ1) is 15.1. The number of alkyl halides is 3. The summed E-state index contributed by atoms with van der Waals surface area (Å²) in [6.07, 6.45) is -2.17. The standard InChI is InChI=1S/C23H27F3N2O3S/c24-23(25,26)21-12-4-9-19(15-21)16-27-22(29)20-11-5-13-28(17-20)32(30,31)14-6-10-18-7-2-1-3-8-18/h1-4,7-9,12,15,20H,5-6,10-11,13-14,16-17H2,(H,27,29). The predicted octanol–water partition coefficient (Wildman–Crippen LogP) is 4.00. The number of benzene rings is 2. The molecule has 0 aromatic heterocycles. The van der Waals surface area contributed by atoms with E-state index in [-0.39, 0.29) is 24.7 Å². The summed E-state index contributed by atoms with van der Waals surface area (Å²) in [5, 5.41) is 2.66. The van der Waals surface area contributed by atoms with Gasteiger partial charge in [0.05, 0.1) is 17.2 Å². The molecule has 1 saturated heterocycles. The Labute approximate surface area is 186 Å². The molecule has 0 saturated carbocycles. The minimum Gasteiger partial charge on any atom is -0.352 e. The normalized spacial score (nSPS) is 17.8. The third kappa shape index (κ3) is 6.80. The molecule has 9 heteroatoms. The van der Waals surface area contributed by atoms with Crippen molar-refractivity contribution >= 4 is 15.9 Å². The van der Waals surface area contributed by atoms with Gasteiger partial charge < -0.3 is 5.32 Å². The number of nitrogens with zero attached hydrogens (tertiary/aromatic N) is 1. The van der Waals surface area contributed by atoms with Crippen molar-refractivity contribution in [3.05, 3.63) is 71.3 Å². The molecule has 2 aromatic carbocycles. The summed E-state index contributed by atoms with van der Waals surface area (Å²) in [5.41, 5.74) is 0.650. The molecule has 1 aliphatic heterocycles. The van der Waals surface area contributed by atoms with Crippen LogP contribution in [0.1, 0.15) is 36.0 Å². The second-order valence-electron chi connectivity index (χ2n) is 8.02. The maximum Gasteiger partial charge on any atom is 0.416 e. The van der Waals surface area contributed by atoms with Crippen molar-refractivity contribution in [3.63, 3.8) is 0 Å². The van der Waals surface area contributed by atoms with E-state index in [2.05, 4.69) is 5.32 Å². The lowest BCUT2D eigenvalue weighted by molar-refractivity contribution is -0.137. The molecule has 2 aromatic rings. The molecule has 1 aliphatic rings. The molecule has 1 amide bonds. The van der Waals surface area contributed by atoms with Gasteiger partial charge in [-0.25, -0.2) is 12.7 Å². The van der Waals surface area contributed by atoms with Crippen molar-refractivity contribution < 1.29 is 26.4 Å². The van der Waals surface area contributed by atoms with Gasteiger partial charge in [0.2, 0.25) is 15.9 Å². The molecular formula is C23H27F3N2O3S. The predicted molar refractivity (Wildman–Crippen MR) is 116 cm³/mol. The molecule has 0 bridgehead atoms. The summed E-state index contributed by atoms with van der Waals surface area (Å²) >= 11 is 0. The van der Waals surface area contributed by atoms with Gasteiger partial charge in [0.1, 0.15) is 0 Å². The average Bonchev–Trinajstić information content (AvgIpc) is 2.78. The van der Waals surface area contributed by atoms with E-state index in [9.17, 15) is 26.4 Å². The molecule has 0 spiro atoms. The van der Waals surface area contributed by atoms with Crippen molar-refractivity contribution in [2.24, 2.45) is 5.92 Å². The number of hydrogen-bond donors (Lipinski definition) is 1. The zero-order chi connectivity index (χ0) is 23.2. The number of halogens is 3. The Morgan fingerprint density at radius 1 is 1.06 bits per heavy atom. The van der Waals surface area contributed by atoms with Crippen LogP contribution in [0.15, 0.2) is 54.6 Å². The van der Waals surface area contributed by atoms with E-state index in [0.717, 1.165) is 17.7 Å². The summed E-state index contributed by atoms with van der Waals surface area (Å²) in [6.45, 7) is 0.441. The van der Waals surface area contributed by atoms with Gasteiger partial charge >= 0.3 is 6.18 Å². The third-order valence-corrected chi connectivity index (χ3v) is 7.50. The molecule has 32 heavy (non-hydrogen) atoms. The molecule has 0 radical (unpaired) electrons. The first-order valence-corrected chi connectivity index (χ1v) is 12.2. The van der Waals surface area contributed by atoms with E-state index in [4.69, 9.17) is 0 Å². The molecule has 1 fully saturated rings. The first kappa shape index (κ1) is 24.3. The van der Waals surface area contributed by atoms with Crippen molar-refractivity contribution in [1.82, 2.24) is 9.62 Å². The molecular weight excluding hydrogens is 441 g/mol. The number of sulfonamides is 1. The minimum absolute atomic E-state index is 0.0144. The molecule has 0 aliphatic carbocycles. The van der Waals surface area contributed by atoms with Gasteiger partial charge in [-0.15, -0.1) is 0 Å². The van der Waals surface area contributed by atoms with Crippen LogP contribution in [-0.2, 0) is 34.0 Å². The van der Waals surface area contributed by atoms with Gasteiger partial charge in [-0.3, -0.25) is 4.79 Å². The lowest BCUT2D eigenvalue weighted by Gasteiger charge is -2.31. The van der Waals surface area contributed by atoms with Gasteiger partial charge in [0, 0.05) is 19.6 Å². The van der Waals surface area contributed by atoms with E-state index in [0.29, 0.717) is 37.8 Å². The van der Waals surface area contributed by atoms with Crippen LogP contribution in [0, 0.1) is 5.92 Å². The molecule has 5 nitrogen and oxygen atoms in total. The highest BCUT2D eigenvalue weighted by molar-refractivity contribution is 7.89. The third-order valence-electron chi connectivity index (χ3n) is 5.58. The van der Waals surface area contributed by atoms with Crippen LogP contribution in [0.25, 0.3) is 0 Å². The Balaban J connectivity index is 1.51. The summed E-state index contributed by atoms with van der Waals surface area (Å²) in [7, 11) is -3.48. The summed E-state index contributed by atoms with van der Waals surface area (Å²) in [4.78, 5) is 12.6.